The van der Waals surface area contributed by atoms with E-state index in [9.17, 15) is 0 Å². The largest absolute Gasteiger partial charge is 0.397 e. The van der Waals surface area contributed by atoms with Crippen LogP contribution in [0.15, 0.2) is 18.2 Å². The average Bonchev–Trinajstić information content (AvgIpc) is 2.09. The van der Waals surface area contributed by atoms with E-state index in [1.807, 2.05) is 0 Å². The predicted octanol–water partition coefficient (Wildman–Crippen LogP) is 2.52. The number of rotatable bonds is 0. The Morgan fingerprint density at radius 3 is 2.54 bits per heavy atom. The van der Waals surface area contributed by atoms with E-state index in [2.05, 4.69) is 9.97 Å². The fraction of sp³-hybridized carbons (Fsp3) is 0. The van der Waals surface area contributed by atoms with Gasteiger partial charge in [-0.2, -0.15) is 0 Å². The van der Waals surface area contributed by atoms with Crippen LogP contribution in [0.25, 0.3) is 11.0 Å². The summed E-state index contributed by atoms with van der Waals surface area (Å²) in [6.07, 6.45) is 0. The summed E-state index contributed by atoms with van der Waals surface area (Å²) in [4.78, 5) is 8.05. The zero-order chi connectivity index (χ0) is 9.42. The summed E-state index contributed by atoms with van der Waals surface area (Å²) < 4.78 is 0. The second kappa shape index (κ2) is 3.01. The van der Waals surface area contributed by atoms with E-state index in [0.29, 0.717) is 16.7 Å². The number of nitrogens with zero attached hydrogens (tertiary/aromatic N) is 2. The number of halogens is 2. The molecule has 0 atom stereocenters. The number of nitrogen functional groups attached to an aromatic ring is 1. The van der Waals surface area contributed by atoms with Gasteiger partial charge >= 0.3 is 0 Å². The van der Waals surface area contributed by atoms with Crippen LogP contribution in [0, 0.1) is 0 Å². The summed E-state index contributed by atoms with van der Waals surface area (Å²) in [5.74, 6) is 0. The topological polar surface area (TPSA) is 51.8 Å². The monoisotopic (exact) mass is 213 g/mol. The Morgan fingerprint density at radius 2 is 1.77 bits per heavy atom. The number of anilines is 1. The molecule has 0 aliphatic heterocycles. The highest BCUT2D eigenvalue weighted by atomic mass is 35.5. The van der Waals surface area contributed by atoms with Crippen molar-refractivity contribution in [2.24, 2.45) is 0 Å². The standard InChI is InChI=1S/C8H5Cl2N3/c9-7-8(10)13-6-4(11)2-1-3-5(6)12-7/h1-3H,11H2. The van der Waals surface area contributed by atoms with E-state index >= 15 is 0 Å². The smallest absolute Gasteiger partial charge is 0.167 e. The first kappa shape index (κ1) is 8.53. The highest BCUT2D eigenvalue weighted by molar-refractivity contribution is 6.40. The van der Waals surface area contributed by atoms with Gasteiger partial charge in [-0.05, 0) is 12.1 Å². The molecule has 2 N–H and O–H groups in total. The van der Waals surface area contributed by atoms with E-state index in [1.165, 1.54) is 0 Å². The molecule has 13 heavy (non-hydrogen) atoms. The number of hydrogen-bond donors (Lipinski definition) is 1. The molecule has 2 rings (SSSR count). The number of fused-ring (bicyclic) bond motifs is 1. The van der Waals surface area contributed by atoms with Crippen LogP contribution in [0.3, 0.4) is 0 Å². The highest BCUT2D eigenvalue weighted by Crippen LogP contribution is 2.23. The molecule has 0 amide bonds. The summed E-state index contributed by atoms with van der Waals surface area (Å²) in [7, 11) is 0. The van der Waals surface area contributed by atoms with Crippen LogP contribution in [0.4, 0.5) is 5.69 Å². The maximum absolute atomic E-state index is 5.70. The molecule has 0 radical (unpaired) electrons. The van der Waals surface area contributed by atoms with Crippen LogP contribution in [0.2, 0.25) is 10.3 Å². The second-order valence-corrected chi connectivity index (χ2v) is 3.24. The fourth-order valence-electron chi connectivity index (χ4n) is 1.06. The molecule has 0 unspecified atom stereocenters. The van der Waals surface area contributed by atoms with Crippen molar-refractivity contribution in [3.8, 4) is 0 Å². The lowest BCUT2D eigenvalue weighted by atomic mass is 10.2. The van der Waals surface area contributed by atoms with Crippen molar-refractivity contribution in [3.05, 3.63) is 28.5 Å². The normalized spacial score (nSPS) is 10.6. The first-order valence-corrected chi connectivity index (χ1v) is 4.31. The molecule has 0 saturated carbocycles. The van der Waals surface area contributed by atoms with Crippen molar-refractivity contribution in [2.75, 3.05) is 5.73 Å². The minimum atomic E-state index is 0.173. The molecule has 0 saturated heterocycles. The molecule has 1 aromatic heterocycles. The molecule has 1 aromatic carbocycles. The summed E-state index contributed by atoms with van der Waals surface area (Å²) in [6, 6.07) is 5.30. The molecule has 5 heteroatoms. The van der Waals surface area contributed by atoms with Crippen LogP contribution in [0.1, 0.15) is 0 Å². The van der Waals surface area contributed by atoms with Gasteiger partial charge < -0.3 is 5.73 Å². The molecule has 1 heterocycles. The first-order chi connectivity index (χ1) is 6.18. The first-order valence-electron chi connectivity index (χ1n) is 3.56. The lowest BCUT2D eigenvalue weighted by Crippen LogP contribution is -1.92. The molecule has 0 spiro atoms. The van der Waals surface area contributed by atoms with Gasteiger partial charge in [-0.1, -0.05) is 29.3 Å². The van der Waals surface area contributed by atoms with Crippen LogP contribution in [0.5, 0.6) is 0 Å². The molecule has 0 bridgehead atoms. The summed E-state index contributed by atoms with van der Waals surface area (Å²) in [5.41, 5.74) is 7.44. The van der Waals surface area contributed by atoms with Gasteiger partial charge in [0.15, 0.2) is 10.3 Å². The van der Waals surface area contributed by atoms with Gasteiger partial charge in [-0.3, -0.25) is 0 Å². The van der Waals surface area contributed by atoms with Gasteiger partial charge in [0.05, 0.1) is 11.2 Å². The van der Waals surface area contributed by atoms with Crippen LogP contribution in [-0.4, -0.2) is 9.97 Å². The number of para-hydroxylation sites is 1. The van der Waals surface area contributed by atoms with Crippen molar-refractivity contribution in [1.29, 1.82) is 0 Å². The summed E-state index contributed by atoms with van der Waals surface area (Å²) in [6.45, 7) is 0. The average molecular weight is 214 g/mol. The Morgan fingerprint density at radius 1 is 1.08 bits per heavy atom. The molecule has 0 aliphatic rings. The lowest BCUT2D eigenvalue weighted by Gasteiger charge is -2.01. The van der Waals surface area contributed by atoms with Gasteiger partial charge in [0.2, 0.25) is 0 Å². The SMILES string of the molecule is Nc1cccc2nc(Cl)c(Cl)nc12. The molecule has 0 fully saturated rings. The molecular formula is C8H5Cl2N3. The Labute approximate surface area is 84.5 Å². The highest BCUT2D eigenvalue weighted by Gasteiger charge is 2.05. The van der Waals surface area contributed by atoms with Crippen molar-refractivity contribution >= 4 is 39.9 Å². The zero-order valence-electron chi connectivity index (χ0n) is 6.46. The van der Waals surface area contributed by atoms with Gasteiger partial charge in [-0.15, -0.1) is 0 Å². The Balaban J connectivity index is 2.89. The van der Waals surface area contributed by atoms with E-state index in [4.69, 9.17) is 28.9 Å². The summed E-state index contributed by atoms with van der Waals surface area (Å²) in [5, 5.41) is 0.367. The van der Waals surface area contributed by atoms with E-state index in [0.717, 1.165) is 0 Å². The van der Waals surface area contributed by atoms with E-state index in [-0.39, 0.29) is 10.3 Å². The van der Waals surface area contributed by atoms with Crippen LogP contribution < -0.4 is 5.73 Å². The third-order valence-corrected chi connectivity index (χ3v) is 2.27. The molecule has 66 valence electrons. The predicted molar refractivity (Wildman–Crippen MR) is 54.0 cm³/mol. The second-order valence-electron chi connectivity index (χ2n) is 2.52. The van der Waals surface area contributed by atoms with Gasteiger partial charge in [0.25, 0.3) is 0 Å². The number of hydrogen-bond acceptors (Lipinski definition) is 3. The van der Waals surface area contributed by atoms with Gasteiger partial charge in [0.1, 0.15) is 5.52 Å². The van der Waals surface area contributed by atoms with E-state index in [1.54, 1.807) is 18.2 Å². The quantitative estimate of drug-likeness (QED) is 0.685. The third-order valence-electron chi connectivity index (χ3n) is 1.64. The van der Waals surface area contributed by atoms with Crippen molar-refractivity contribution < 1.29 is 0 Å². The molecular weight excluding hydrogens is 209 g/mol. The number of aromatic nitrogens is 2. The minimum absolute atomic E-state index is 0.173. The fourth-order valence-corrected chi connectivity index (χ4v) is 1.32. The van der Waals surface area contributed by atoms with E-state index < -0.39 is 0 Å². The third kappa shape index (κ3) is 1.41. The Hall–Kier alpha value is -1.06. The van der Waals surface area contributed by atoms with Gasteiger partial charge in [0, 0.05) is 0 Å². The maximum atomic E-state index is 5.70. The van der Waals surface area contributed by atoms with Crippen molar-refractivity contribution in [3.63, 3.8) is 0 Å². The summed E-state index contributed by atoms with van der Waals surface area (Å²) >= 11 is 11.4. The maximum Gasteiger partial charge on any atom is 0.167 e. The number of nitrogens with two attached hydrogens (primary N) is 1. The Kier molecular flexibility index (Phi) is 1.98. The van der Waals surface area contributed by atoms with Gasteiger partial charge in [-0.25, -0.2) is 9.97 Å². The van der Waals surface area contributed by atoms with Crippen molar-refractivity contribution in [1.82, 2.24) is 9.97 Å². The zero-order valence-corrected chi connectivity index (χ0v) is 7.97. The number of benzene rings is 1. The lowest BCUT2D eigenvalue weighted by molar-refractivity contribution is 1.29. The molecule has 3 nitrogen and oxygen atoms in total. The molecule has 2 aromatic rings. The van der Waals surface area contributed by atoms with Crippen LogP contribution in [-0.2, 0) is 0 Å². The molecule has 0 aliphatic carbocycles. The van der Waals surface area contributed by atoms with Crippen LogP contribution >= 0.6 is 23.2 Å². The van der Waals surface area contributed by atoms with Crippen molar-refractivity contribution in [2.45, 2.75) is 0 Å². The Bertz CT molecular complexity index is 470. The minimum Gasteiger partial charge on any atom is -0.397 e.